The molecular formula is C15H16F4N2O3. The third-order valence-electron chi connectivity index (χ3n) is 3.73. The number of anilines is 1. The Morgan fingerprint density at radius 1 is 1.38 bits per heavy atom. The molecule has 0 bridgehead atoms. The smallest absolute Gasteiger partial charge is 0.378 e. The molecule has 1 heterocycles. The molecule has 0 aromatic heterocycles. The highest BCUT2D eigenvalue weighted by Gasteiger charge is 2.46. The molecule has 9 heteroatoms. The Morgan fingerprint density at radius 3 is 2.62 bits per heavy atom. The summed E-state index contributed by atoms with van der Waals surface area (Å²) in [5.41, 5.74) is 4.30. The summed E-state index contributed by atoms with van der Waals surface area (Å²) in [5, 5.41) is 2.06. The van der Waals surface area contributed by atoms with Crippen molar-refractivity contribution in [3.63, 3.8) is 0 Å². The Hall–Kier alpha value is -2.16. The van der Waals surface area contributed by atoms with Crippen LogP contribution in [0.1, 0.15) is 29.6 Å². The number of amides is 2. The van der Waals surface area contributed by atoms with Crippen LogP contribution in [0, 0.1) is 11.7 Å². The number of nitrogens with one attached hydrogen (secondary N) is 1. The van der Waals surface area contributed by atoms with E-state index in [2.05, 4.69) is 5.32 Å². The summed E-state index contributed by atoms with van der Waals surface area (Å²) in [7, 11) is 0. The molecule has 1 saturated heterocycles. The van der Waals surface area contributed by atoms with Crippen LogP contribution >= 0.6 is 0 Å². The van der Waals surface area contributed by atoms with E-state index >= 15 is 0 Å². The van der Waals surface area contributed by atoms with Crippen molar-refractivity contribution in [2.75, 3.05) is 11.9 Å². The maximum absolute atomic E-state index is 13.4. The third kappa shape index (κ3) is 4.44. The number of ether oxygens (including phenoxy) is 1. The first-order valence-electron chi connectivity index (χ1n) is 7.27. The minimum absolute atomic E-state index is 0.142. The van der Waals surface area contributed by atoms with Crippen LogP contribution < -0.4 is 11.1 Å². The molecule has 2 atom stereocenters. The Bertz CT molecular complexity index is 628. The van der Waals surface area contributed by atoms with Gasteiger partial charge in [0.1, 0.15) is 11.7 Å². The monoisotopic (exact) mass is 348 g/mol. The Labute approximate surface area is 135 Å². The highest BCUT2D eigenvalue weighted by Crippen LogP contribution is 2.33. The van der Waals surface area contributed by atoms with Crippen molar-refractivity contribution in [3.8, 4) is 0 Å². The quantitative estimate of drug-likeness (QED) is 0.803. The van der Waals surface area contributed by atoms with Gasteiger partial charge in [-0.25, -0.2) is 4.39 Å². The van der Waals surface area contributed by atoms with Crippen molar-refractivity contribution < 1.29 is 31.9 Å². The summed E-state index contributed by atoms with van der Waals surface area (Å²) in [5.74, 6) is -5.56. The van der Waals surface area contributed by atoms with Gasteiger partial charge in [0.05, 0.1) is 11.7 Å². The molecule has 0 radical (unpaired) electrons. The van der Waals surface area contributed by atoms with E-state index in [0.717, 1.165) is 18.2 Å². The molecule has 2 rings (SSSR count). The summed E-state index contributed by atoms with van der Waals surface area (Å²) >= 11 is 0. The fraction of sp³-hybridized carbons (Fsp3) is 0.467. The molecule has 1 aromatic rings. The number of halogens is 4. The first-order chi connectivity index (χ1) is 11.2. The first-order valence-corrected chi connectivity index (χ1v) is 7.27. The minimum Gasteiger partial charge on any atom is -0.378 e. The van der Waals surface area contributed by atoms with Gasteiger partial charge in [0, 0.05) is 12.3 Å². The van der Waals surface area contributed by atoms with Gasteiger partial charge in [-0.2, -0.15) is 13.2 Å². The van der Waals surface area contributed by atoms with E-state index in [9.17, 15) is 27.2 Å². The van der Waals surface area contributed by atoms with Crippen molar-refractivity contribution >= 4 is 17.5 Å². The van der Waals surface area contributed by atoms with Gasteiger partial charge in [-0.15, -0.1) is 0 Å². The van der Waals surface area contributed by atoms with Gasteiger partial charge in [0.25, 0.3) is 5.91 Å². The van der Waals surface area contributed by atoms with E-state index in [-0.39, 0.29) is 5.69 Å². The number of hydrogen-bond acceptors (Lipinski definition) is 3. The average molecular weight is 348 g/mol. The predicted octanol–water partition coefficient (Wildman–Crippen LogP) is 2.61. The molecule has 0 spiro atoms. The van der Waals surface area contributed by atoms with Crippen molar-refractivity contribution in [3.05, 3.63) is 29.6 Å². The zero-order valence-electron chi connectivity index (χ0n) is 12.5. The molecule has 3 N–H and O–H groups in total. The molecule has 0 aliphatic carbocycles. The lowest BCUT2D eigenvalue weighted by Crippen LogP contribution is -2.37. The van der Waals surface area contributed by atoms with Gasteiger partial charge in [-0.05, 0) is 37.5 Å². The number of benzene rings is 1. The first kappa shape index (κ1) is 18.2. The zero-order chi connectivity index (χ0) is 17.9. The van der Waals surface area contributed by atoms with Crippen molar-refractivity contribution in [2.24, 2.45) is 11.7 Å². The molecule has 132 valence electrons. The molecule has 24 heavy (non-hydrogen) atoms. The van der Waals surface area contributed by atoms with E-state index in [1.165, 1.54) is 0 Å². The van der Waals surface area contributed by atoms with Crippen LogP contribution in [0.2, 0.25) is 0 Å². The number of hydrogen-bond donors (Lipinski definition) is 2. The normalized spacial score (nSPS) is 19.1. The molecular weight excluding hydrogens is 332 g/mol. The predicted molar refractivity (Wildman–Crippen MR) is 76.7 cm³/mol. The fourth-order valence-electron chi connectivity index (χ4n) is 2.50. The highest BCUT2D eigenvalue weighted by molar-refractivity contribution is 5.97. The van der Waals surface area contributed by atoms with Crippen LogP contribution in [-0.2, 0) is 9.53 Å². The highest BCUT2D eigenvalue weighted by atomic mass is 19.4. The van der Waals surface area contributed by atoms with Crippen LogP contribution in [0.3, 0.4) is 0 Å². The largest absolute Gasteiger partial charge is 0.400 e. The Morgan fingerprint density at radius 2 is 2.08 bits per heavy atom. The lowest BCUT2D eigenvalue weighted by atomic mass is 9.98. The Kier molecular flexibility index (Phi) is 5.43. The molecule has 1 aliphatic heterocycles. The van der Waals surface area contributed by atoms with E-state index in [0.29, 0.717) is 19.4 Å². The molecule has 5 nitrogen and oxygen atoms in total. The van der Waals surface area contributed by atoms with E-state index < -0.39 is 47.8 Å². The van der Waals surface area contributed by atoms with Crippen LogP contribution in [-0.4, -0.2) is 30.7 Å². The number of carbonyl (C=O) groups is 2. The van der Waals surface area contributed by atoms with Gasteiger partial charge in [0.15, 0.2) is 0 Å². The van der Waals surface area contributed by atoms with Crippen LogP contribution in [0.15, 0.2) is 18.2 Å². The number of alkyl halides is 3. The summed E-state index contributed by atoms with van der Waals surface area (Å²) in [6.07, 6.45) is -4.75. The Balaban J connectivity index is 2.15. The SMILES string of the molecule is NC(=O)c1cc(NC(=O)C(CC2CCCO2)C(F)(F)F)ccc1F. The lowest BCUT2D eigenvalue weighted by molar-refractivity contribution is -0.185. The van der Waals surface area contributed by atoms with Gasteiger partial charge in [-0.3, -0.25) is 9.59 Å². The second-order valence-corrected chi connectivity index (χ2v) is 5.51. The molecule has 1 aromatic carbocycles. The van der Waals surface area contributed by atoms with E-state index in [1.807, 2.05) is 0 Å². The van der Waals surface area contributed by atoms with Crippen LogP contribution in [0.5, 0.6) is 0 Å². The number of nitrogens with two attached hydrogens (primary N) is 1. The van der Waals surface area contributed by atoms with Gasteiger partial charge in [-0.1, -0.05) is 0 Å². The standard InChI is InChI=1S/C15H16F4N2O3/c16-12-4-3-8(6-10(12)13(20)22)21-14(23)11(15(17,18)19)7-9-2-1-5-24-9/h3-4,6,9,11H,1-2,5,7H2,(H2,20,22)(H,21,23). The van der Waals surface area contributed by atoms with Gasteiger partial charge >= 0.3 is 6.18 Å². The average Bonchev–Trinajstić information content (AvgIpc) is 2.98. The maximum atomic E-state index is 13.4. The van der Waals surface area contributed by atoms with Crippen LogP contribution in [0.25, 0.3) is 0 Å². The topological polar surface area (TPSA) is 81.4 Å². The molecule has 1 fully saturated rings. The van der Waals surface area contributed by atoms with E-state index in [1.54, 1.807) is 0 Å². The molecule has 2 unspecified atom stereocenters. The van der Waals surface area contributed by atoms with Gasteiger partial charge in [0.2, 0.25) is 5.91 Å². The third-order valence-corrected chi connectivity index (χ3v) is 3.73. The number of primary amides is 1. The summed E-state index contributed by atoms with van der Waals surface area (Å²) in [4.78, 5) is 23.1. The summed E-state index contributed by atoms with van der Waals surface area (Å²) < 4.78 is 58.0. The number of carbonyl (C=O) groups excluding carboxylic acids is 2. The zero-order valence-corrected chi connectivity index (χ0v) is 12.5. The molecule has 2 amide bonds. The van der Waals surface area contributed by atoms with Crippen molar-refractivity contribution in [2.45, 2.75) is 31.5 Å². The summed E-state index contributed by atoms with van der Waals surface area (Å²) in [6, 6.07) is 2.80. The second kappa shape index (κ2) is 7.16. The van der Waals surface area contributed by atoms with Gasteiger partial charge < -0.3 is 15.8 Å². The molecule has 1 aliphatic rings. The molecule has 0 saturated carbocycles. The minimum atomic E-state index is -4.75. The van der Waals surface area contributed by atoms with Crippen molar-refractivity contribution in [1.82, 2.24) is 0 Å². The number of rotatable bonds is 5. The maximum Gasteiger partial charge on any atom is 0.400 e. The van der Waals surface area contributed by atoms with Crippen molar-refractivity contribution in [1.29, 1.82) is 0 Å². The lowest BCUT2D eigenvalue weighted by Gasteiger charge is -2.22. The summed E-state index contributed by atoms with van der Waals surface area (Å²) in [6.45, 7) is 0.372. The fourth-order valence-corrected chi connectivity index (χ4v) is 2.50. The van der Waals surface area contributed by atoms with E-state index in [4.69, 9.17) is 10.5 Å². The second-order valence-electron chi connectivity index (χ2n) is 5.51. The van der Waals surface area contributed by atoms with Crippen LogP contribution in [0.4, 0.5) is 23.2 Å².